The number of amides is 4. The van der Waals surface area contributed by atoms with Crippen LogP contribution in [0.2, 0.25) is 0 Å². The van der Waals surface area contributed by atoms with E-state index in [1.165, 1.54) is 25.3 Å². The number of imide groups is 2. The molecule has 0 saturated carbocycles. The third kappa shape index (κ3) is 3.95. The smallest absolute Gasteiger partial charge is 0.338 e. The van der Waals surface area contributed by atoms with Crippen molar-refractivity contribution in [2.24, 2.45) is 0 Å². The van der Waals surface area contributed by atoms with Crippen LogP contribution in [0.25, 0.3) is 11.8 Å². The molecule has 0 bridgehead atoms. The van der Waals surface area contributed by atoms with E-state index in [0.29, 0.717) is 17.1 Å². The Morgan fingerprint density at radius 1 is 0.875 bits per heavy atom. The molecule has 3 aromatic rings. The molecule has 2 heterocycles. The minimum atomic E-state index is -0.727. The summed E-state index contributed by atoms with van der Waals surface area (Å²) in [7, 11) is 1.46. The second-order valence-electron chi connectivity index (χ2n) is 7.05. The van der Waals surface area contributed by atoms with Gasteiger partial charge < -0.3 is 9.30 Å². The van der Waals surface area contributed by atoms with Crippen LogP contribution in [-0.4, -0.2) is 47.6 Å². The van der Waals surface area contributed by atoms with Gasteiger partial charge in [-0.05, 0) is 54.6 Å². The maximum atomic E-state index is 13.3. The van der Waals surface area contributed by atoms with E-state index in [-0.39, 0.29) is 24.5 Å². The van der Waals surface area contributed by atoms with Crippen molar-refractivity contribution in [1.29, 1.82) is 0 Å². The highest BCUT2D eigenvalue weighted by Crippen LogP contribution is 2.26. The molecular weight excluding hydrogens is 413 g/mol. The number of anilines is 1. The topological polar surface area (TPSA) is 71.8 Å². The first-order valence-corrected chi connectivity index (χ1v) is 9.90. The van der Waals surface area contributed by atoms with E-state index in [1.54, 1.807) is 65.4 Å². The second kappa shape index (κ2) is 8.99. The molecule has 1 aliphatic rings. The second-order valence-corrected chi connectivity index (χ2v) is 7.05. The SMILES string of the molecule is COCCN1C(=O)/C(=C/c2cccn2-c2ccc(F)cc2)C(=O)N(c2ccccc2)C1=O. The summed E-state index contributed by atoms with van der Waals surface area (Å²) in [5.74, 6) is -1.79. The van der Waals surface area contributed by atoms with Crippen molar-refractivity contribution in [3.63, 3.8) is 0 Å². The van der Waals surface area contributed by atoms with E-state index < -0.39 is 17.8 Å². The predicted octanol–water partition coefficient (Wildman–Crippen LogP) is 3.64. The molecule has 162 valence electrons. The van der Waals surface area contributed by atoms with Crippen molar-refractivity contribution >= 4 is 29.6 Å². The lowest BCUT2D eigenvalue weighted by molar-refractivity contribution is -0.129. The van der Waals surface area contributed by atoms with Gasteiger partial charge in [-0.1, -0.05) is 18.2 Å². The number of barbiturate groups is 1. The van der Waals surface area contributed by atoms with Crippen molar-refractivity contribution < 1.29 is 23.5 Å². The summed E-state index contributed by atoms with van der Waals surface area (Å²) in [5.41, 5.74) is 1.39. The summed E-state index contributed by atoms with van der Waals surface area (Å²) >= 11 is 0. The number of methoxy groups -OCH3 is 1. The van der Waals surface area contributed by atoms with Crippen molar-refractivity contribution in [3.05, 3.63) is 90.0 Å². The van der Waals surface area contributed by atoms with Gasteiger partial charge in [-0.25, -0.2) is 14.1 Å². The lowest BCUT2D eigenvalue weighted by Crippen LogP contribution is -2.57. The number of para-hydroxylation sites is 1. The van der Waals surface area contributed by atoms with Gasteiger partial charge in [0, 0.05) is 24.7 Å². The highest BCUT2D eigenvalue weighted by molar-refractivity contribution is 6.39. The molecule has 4 amide bonds. The molecule has 0 unspecified atom stereocenters. The van der Waals surface area contributed by atoms with E-state index in [0.717, 1.165) is 9.80 Å². The van der Waals surface area contributed by atoms with Crippen molar-refractivity contribution in [2.45, 2.75) is 0 Å². The molecule has 4 rings (SSSR count). The molecule has 0 spiro atoms. The van der Waals surface area contributed by atoms with Gasteiger partial charge in [-0.15, -0.1) is 0 Å². The van der Waals surface area contributed by atoms with Crippen LogP contribution < -0.4 is 4.90 Å². The number of aromatic nitrogens is 1. The molecular formula is C24H20FN3O4. The number of carbonyl (C=O) groups excluding carboxylic acids is 3. The normalized spacial score (nSPS) is 15.7. The van der Waals surface area contributed by atoms with Gasteiger partial charge >= 0.3 is 6.03 Å². The minimum Gasteiger partial charge on any atom is -0.383 e. The third-order valence-electron chi connectivity index (χ3n) is 5.04. The zero-order valence-corrected chi connectivity index (χ0v) is 17.3. The molecule has 1 fully saturated rings. The number of ether oxygens (including phenoxy) is 1. The fourth-order valence-electron chi connectivity index (χ4n) is 3.46. The van der Waals surface area contributed by atoms with Crippen molar-refractivity contribution in [2.75, 3.05) is 25.2 Å². The van der Waals surface area contributed by atoms with Crippen LogP contribution in [-0.2, 0) is 14.3 Å². The average molecular weight is 433 g/mol. The number of nitrogens with zero attached hydrogens (tertiary/aromatic N) is 3. The number of halogens is 1. The number of carbonyl (C=O) groups is 3. The fourth-order valence-corrected chi connectivity index (χ4v) is 3.46. The van der Waals surface area contributed by atoms with Gasteiger partial charge in [0.2, 0.25) is 0 Å². The molecule has 0 N–H and O–H groups in total. The van der Waals surface area contributed by atoms with Crippen LogP contribution >= 0.6 is 0 Å². The predicted molar refractivity (Wildman–Crippen MR) is 117 cm³/mol. The van der Waals surface area contributed by atoms with E-state index in [1.807, 2.05) is 0 Å². The highest BCUT2D eigenvalue weighted by Gasteiger charge is 2.42. The van der Waals surface area contributed by atoms with E-state index in [9.17, 15) is 18.8 Å². The first-order chi connectivity index (χ1) is 15.5. The molecule has 1 saturated heterocycles. The number of hydrogen-bond acceptors (Lipinski definition) is 4. The van der Waals surface area contributed by atoms with E-state index in [2.05, 4.69) is 0 Å². The molecule has 0 radical (unpaired) electrons. The Morgan fingerprint density at radius 2 is 1.59 bits per heavy atom. The number of benzene rings is 2. The Balaban J connectivity index is 1.78. The maximum Gasteiger partial charge on any atom is 0.338 e. The summed E-state index contributed by atoms with van der Waals surface area (Å²) in [6.45, 7) is 0.134. The molecule has 8 heteroatoms. The summed E-state index contributed by atoms with van der Waals surface area (Å²) < 4.78 is 20.1. The first-order valence-electron chi connectivity index (χ1n) is 9.90. The molecule has 1 aliphatic heterocycles. The standard InChI is InChI=1S/C24H20FN3O4/c1-32-15-14-27-22(29)21(23(30)28(24(27)31)19-6-3-2-4-7-19)16-20-8-5-13-26(20)18-11-9-17(25)10-12-18/h2-13,16H,14-15H2,1H3/b21-16-. The summed E-state index contributed by atoms with van der Waals surface area (Å²) in [4.78, 5) is 41.4. The molecule has 0 aliphatic carbocycles. The summed E-state index contributed by atoms with van der Waals surface area (Å²) in [6, 6.07) is 17.0. The lowest BCUT2D eigenvalue weighted by atomic mass is 10.1. The van der Waals surface area contributed by atoms with Crippen LogP contribution in [0.4, 0.5) is 14.9 Å². The maximum absolute atomic E-state index is 13.3. The Morgan fingerprint density at radius 3 is 2.28 bits per heavy atom. The van der Waals surface area contributed by atoms with Gasteiger partial charge in [0.05, 0.1) is 18.8 Å². The average Bonchev–Trinajstić information content (AvgIpc) is 3.26. The number of urea groups is 1. The Kier molecular flexibility index (Phi) is 5.96. The summed E-state index contributed by atoms with van der Waals surface area (Å²) in [6.07, 6.45) is 3.18. The quantitative estimate of drug-likeness (QED) is 0.440. The summed E-state index contributed by atoms with van der Waals surface area (Å²) in [5, 5.41) is 0. The largest absolute Gasteiger partial charge is 0.383 e. The van der Waals surface area contributed by atoms with Crippen LogP contribution in [0, 0.1) is 5.82 Å². The van der Waals surface area contributed by atoms with Gasteiger partial charge in [0.25, 0.3) is 11.8 Å². The van der Waals surface area contributed by atoms with E-state index >= 15 is 0 Å². The molecule has 7 nitrogen and oxygen atoms in total. The lowest BCUT2D eigenvalue weighted by Gasteiger charge is -2.33. The van der Waals surface area contributed by atoms with Crippen LogP contribution in [0.1, 0.15) is 5.69 Å². The van der Waals surface area contributed by atoms with Gasteiger partial charge in [-0.3, -0.25) is 14.5 Å². The number of rotatable bonds is 6. The molecule has 1 aromatic heterocycles. The highest BCUT2D eigenvalue weighted by atomic mass is 19.1. The van der Waals surface area contributed by atoms with Crippen LogP contribution in [0.3, 0.4) is 0 Å². The Bertz CT molecular complexity index is 1190. The van der Waals surface area contributed by atoms with Gasteiger partial charge in [-0.2, -0.15) is 0 Å². The molecule has 2 aromatic carbocycles. The van der Waals surface area contributed by atoms with Crippen molar-refractivity contribution in [1.82, 2.24) is 9.47 Å². The van der Waals surface area contributed by atoms with Gasteiger partial charge in [0.1, 0.15) is 11.4 Å². The monoisotopic (exact) mass is 433 g/mol. The fraction of sp³-hybridized carbons (Fsp3) is 0.125. The minimum absolute atomic E-state index is 0.00109. The van der Waals surface area contributed by atoms with Crippen LogP contribution in [0.15, 0.2) is 78.5 Å². The molecule has 32 heavy (non-hydrogen) atoms. The van der Waals surface area contributed by atoms with Crippen LogP contribution in [0.5, 0.6) is 0 Å². The third-order valence-corrected chi connectivity index (χ3v) is 5.04. The Hall–Kier alpha value is -4.04. The number of hydrogen-bond donors (Lipinski definition) is 0. The zero-order chi connectivity index (χ0) is 22.7. The van der Waals surface area contributed by atoms with Crippen molar-refractivity contribution in [3.8, 4) is 5.69 Å². The Labute approximate surface area is 183 Å². The first kappa shape index (κ1) is 21.2. The van der Waals surface area contributed by atoms with E-state index in [4.69, 9.17) is 4.74 Å². The van der Waals surface area contributed by atoms with Gasteiger partial charge in [0.15, 0.2) is 0 Å². The zero-order valence-electron chi connectivity index (χ0n) is 17.3. The molecule has 0 atom stereocenters.